The van der Waals surface area contributed by atoms with E-state index in [-0.39, 0.29) is 11.4 Å². The second-order valence-electron chi connectivity index (χ2n) is 6.42. The topological polar surface area (TPSA) is 81.9 Å². The molecule has 6 nitrogen and oxygen atoms in total. The van der Waals surface area contributed by atoms with E-state index in [0.717, 1.165) is 9.48 Å². The van der Waals surface area contributed by atoms with Gasteiger partial charge < -0.3 is 10.4 Å². The molecule has 0 radical (unpaired) electrons. The number of nitrogens with zero attached hydrogens (tertiary/aromatic N) is 3. The Hall–Kier alpha value is -2.37. The molecule has 1 heterocycles. The minimum absolute atomic E-state index is 0.193. The van der Waals surface area contributed by atoms with Gasteiger partial charge in [-0.3, -0.25) is 5.21 Å². The Morgan fingerprint density at radius 3 is 2.14 bits per heavy atom. The van der Waals surface area contributed by atoms with E-state index >= 15 is 0 Å². The smallest absolute Gasteiger partial charge is 0.333 e. The quantitative estimate of drug-likeness (QED) is 0.329. The first-order valence-electron chi connectivity index (χ1n) is 6.78. The highest BCUT2D eigenvalue weighted by atomic mass is 16.5. The zero-order valence-corrected chi connectivity index (χ0v) is 12.5. The van der Waals surface area contributed by atoms with Gasteiger partial charge in [0.05, 0.1) is 5.56 Å². The van der Waals surface area contributed by atoms with Gasteiger partial charge in [0.2, 0.25) is 5.54 Å². The van der Waals surface area contributed by atoms with Crippen LogP contribution in [0.15, 0.2) is 29.4 Å². The maximum atomic E-state index is 12.9. The van der Waals surface area contributed by atoms with Crippen molar-refractivity contribution in [1.82, 2.24) is 0 Å². The van der Waals surface area contributed by atoms with E-state index in [1.54, 1.807) is 45.9 Å². The Morgan fingerprint density at radius 1 is 1.00 bits per heavy atom. The van der Waals surface area contributed by atoms with E-state index in [0.29, 0.717) is 16.8 Å². The minimum atomic E-state index is -0.904. The van der Waals surface area contributed by atoms with Crippen molar-refractivity contribution < 1.29 is 19.9 Å². The van der Waals surface area contributed by atoms with Crippen LogP contribution < -0.4 is 0 Å². The lowest BCUT2D eigenvalue weighted by atomic mass is 9.81. The van der Waals surface area contributed by atoms with Crippen LogP contribution in [0.25, 0.3) is 0 Å². The predicted molar refractivity (Wildman–Crippen MR) is 77.7 cm³/mol. The highest BCUT2D eigenvalue weighted by Gasteiger charge is 2.64. The van der Waals surface area contributed by atoms with Gasteiger partial charge in [-0.15, -0.1) is 0 Å². The minimum Gasteiger partial charge on any atom is -0.623 e. The van der Waals surface area contributed by atoms with Crippen molar-refractivity contribution in [3.8, 4) is 0 Å². The standard InChI is InChI=1S/C15H17N3O3/c1-14(2)15(3,4)18(21)13-11(16-19)9-7-5-6-8-10(9)12(13)17(14)20/h5-8,20H,1-4H3/p+1. The zero-order valence-electron chi connectivity index (χ0n) is 12.5. The van der Waals surface area contributed by atoms with Gasteiger partial charge in [0.15, 0.2) is 5.71 Å². The van der Waals surface area contributed by atoms with Crippen LogP contribution in [0.4, 0.5) is 0 Å². The third kappa shape index (κ3) is 1.39. The van der Waals surface area contributed by atoms with Gasteiger partial charge in [0.25, 0.3) is 5.54 Å². The summed E-state index contributed by atoms with van der Waals surface area (Å²) < 4.78 is 1.96. The van der Waals surface area contributed by atoms with Gasteiger partial charge in [-0.2, -0.15) is 4.74 Å². The van der Waals surface area contributed by atoms with Crippen LogP contribution in [-0.2, 0) is 0 Å². The second kappa shape index (κ2) is 3.84. The zero-order chi connectivity index (χ0) is 15.6. The highest BCUT2D eigenvalue weighted by molar-refractivity contribution is 6.76. The molecule has 2 N–H and O–H groups in total. The number of rotatable bonds is 0. The summed E-state index contributed by atoms with van der Waals surface area (Å²) in [7, 11) is 0. The van der Waals surface area contributed by atoms with Crippen molar-refractivity contribution in [2.24, 2.45) is 5.16 Å². The molecule has 0 amide bonds. The molecule has 6 heteroatoms. The van der Waals surface area contributed by atoms with Gasteiger partial charge in [-0.1, -0.05) is 23.4 Å². The molecule has 0 unspecified atom stereocenters. The molecular weight excluding hydrogens is 270 g/mol. The van der Waals surface area contributed by atoms with Crippen molar-refractivity contribution in [3.05, 3.63) is 40.6 Å². The largest absolute Gasteiger partial charge is 0.623 e. The van der Waals surface area contributed by atoms with E-state index in [1.165, 1.54) is 0 Å². The van der Waals surface area contributed by atoms with Crippen LogP contribution in [0.2, 0.25) is 0 Å². The van der Waals surface area contributed by atoms with Gasteiger partial charge in [-0.25, -0.2) is 0 Å². The van der Waals surface area contributed by atoms with Gasteiger partial charge >= 0.3 is 11.4 Å². The van der Waals surface area contributed by atoms with Crippen LogP contribution in [0.5, 0.6) is 0 Å². The van der Waals surface area contributed by atoms with E-state index in [9.17, 15) is 15.6 Å². The van der Waals surface area contributed by atoms with E-state index in [1.807, 2.05) is 6.07 Å². The Labute approximate surface area is 122 Å². The first-order chi connectivity index (χ1) is 9.75. The average Bonchev–Trinajstić information content (AvgIpc) is 2.78. The molecule has 0 atom stereocenters. The first kappa shape index (κ1) is 13.6. The molecule has 0 spiro atoms. The average molecular weight is 288 g/mol. The van der Waals surface area contributed by atoms with E-state index < -0.39 is 11.1 Å². The predicted octanol–water partition coefficient (Wildman–Crippen LogP) is 1.59. The molecule has 2 aliphatic rings. The molecule has 1 aromatic carbocycles. The molecule has 0 fully saturated rings. The summed E-state index contributed by atoms with van der Waals surface area (Å²) in [5.41, 5.74) is 0.386. The fourth-order valence-electron chi connectivity index (χ4n) is 2.84. The molecule has 0 saturated heterocycles. The Bertz CT molecular complexity index is 742. The van der Waals surface area contributed by atoms with E-state index in [4.69, 9.17) is 0 Å². The number of oxime groups is 1. The van der Waals surface area contributed by atoms with Crippen molar-refractivity contribution in [3.63, 3.8) is 0 Å². The number of hydrogen-bond acceptors (Lipinski definition) is 4. The lowest BCUT2D eigenvalue weighted by molar-refractivity contribution is -0.853. The molecule has 3 rings (SSSR count). The fourth-order valence-corrected chi connectivity index (χ4v) is 2.84. The fraction of sp³-hybridized carbons (Fsp3) is 0.400. The highest BCUT2D eigenvalue weighted by Crippen LogP contribution is 2.35. The lowest BCUT2D eigenvalue weighted by Gasteiger charge is -2.36. The SMILES string of the molecule is CC1(C)[N+]([O-])=C2C(=NO)c3ccccc3C2=[N+](O)C1(C)C. The van der Waals surface area contributed by atoms with E-state index in [2.05, 4.69) is 5.16 Å². The molecule has 0 saturated carbocycles. The molecule has 0 aromatic heterocycles. The number of hydrogen-bond donors (Lipinski definition) is 2. The van der Waals surface area contributed by atoms with Gasteiger partial charge in [-0.05, 0) is 10.8 Å². The van der Waals surface area contributed by atoms with Crippen molar-refractivity contribution in [2.75, 3.05) is 0 Å². The third-order valence-corrected chi connectivity index (χ3v) is 4.94. The van der Waals surface area contributed by atoms with Crippen LogP contribution >= 0.6 is 0 Å². The Balaban J connectivity index is 2.47. The summed E-state index contributed by atoms with van der Waals surface area (Å²) in [5.74, 6) is 0. The molecule has 1 aromatic rings. The lowest BCUT2D eigenvalue weighted by Crippen LogP contribution is -2.65. The van der Waals surface area contributed by atoms with Crippen LogP contribution in [0.3, 0.4) is 0 Å². The summed E-state index contributed by atoms with van der Waals surface area (Å²) in [5, 5.41) is 36.2. The summed E-state index contributed by atoms with van der Waals surface area (Å²) in [4.78, 5) is 0. The number of fused-ring (bicyclic) bond motifs is 3. The van der Waals surface area contributed by atoms with Crippen molar-refractivity contribution in [1.29, 1.82) is 0 Å². The van der Waals surface area contributed by atoms with Crippen molar-refractivity contribution >= 4 is 17.1 Å². The number of hydroxylamine groups is 2. The first-order valence-corrected chi connectivity index (χ1v) is 6.78. The third-order valence-electron chi connectivity index (χ3n) is 4.94. The molecule has 1 aliphatic carbocycles. The Morgan fingerprint density at radius 2 is 1.57 bits per heavy atom. The van der Waals surface area contributed by atoms with Crippen LogP contribution in [0, 0.1) is 5.21 Å². The summed E-state index contributed by atoms with van der Waals surface area (Å²) >= 11 is 0. The van der Waals surface area contributed by atoms with Crippen LogP contribution in [-0.4, -0.2) is 48.1 Å². The summed E-state index contributed by atoms with van der Waals surface area (Å²) in [6, 6.07) is 7.19. The van der Waals surface area contributed by atoms with Crippen LogP contribution in [0.1, 0.15) is 38.8 Å². The summed E-state index contributed by atoms with van der Waals surface area (Å²) in [6.45, 7) is 7.12. The normalized spacial score (nSPS) is 24.3. The monoisotopic (exact) mass is 288 g/mol. The Kier molecular flexibility index (Phi) is 2.49. The molecule has 110 valence electrons. The molecular formula is C15H18N3O3+. The van der Waals surface area contributed by atoms with Gasteiger partial charge in [0.1, 0.15) is 0 Å². The summed E-state index contributed by atoms with van der Waals surface area (Å²) in [6.07, 6.45) is 0. The number of benzene rings is 1. The molecule has 0 bridgehead atoms. The van der Waals surface area contributed by atoms with Crippen molar-refractivity contribution in [2.45, 2.75) is 38.8 Å². The molecule has 21 heavy (non-hydrogen) atoms. The maximum absolute atomic E-state index is 12.9. The van der Waals surface area contributed by atoms with Gasteiger partial charge in [0, 0.05) is 33.3 Å². The molecule has 1 aliphatic heterocycles. The second-order valence-corrected chi connectivity index (χ2v) is 6.42. The maximum Gasteiger partial charge on any atom is 0.333 e.